The third kappa shape index (κ3) is 1.72. The van der Waals surface area contributed by atoms with Crippen LogP contribution in [-0.4, -0.2) is 18.2 Å². The summed E-state index contributed by atoms with van der Waals surface area (Å²) in [5.74, 6) is 1.92. The Balaban J connectivity index is 1.62. The average Bonchev–Trinajstić information content (AvgIpc) is 3.22. The van der Waals surface area contributed by atoms with Crippen LogP contribution in [0.25, 0.3) is 0 Å². The van der Waals surface area contributed by atoms with E-state index in [1.807, 2.05) is 29.2 Å². The SMILES string of the molecule is O=C1CCN(C(=O)C2C3CCCCC32)c2ccccc21. The zero-order chi connectivity index (χ0) is 13.7. The molecule has 104 valence electrons. The van der Waals surface area contributed by atoms with Gasteiger partial charge in [0.2, 0.25) is 5.91 Å². The number of amides is 1. The summed E-state index contributed by atoms with van der Waals surface area (Å²) in [6, 6.07) is 7.55. The quantitative estimate of drug-likeness (QED) is 0.786. The van der Waals surface area contributed by atoms with Crippen molar-refractivity contribution < 1.29 is 9.59 Å². The van der Waals surface area contributed by atoms with Crippen molar-refractivity contribution in [2.24, 2.45) is 17.8 Å². The molecule has 1 aromatic carbocycles. The highest BCUT2D eigenvalue weighted by atomic mass is 16.2. The maximum atomic E-state index is 12.8. The second kappa shape index (κ2) is 4.44. The van der Waals surface area contributed by atoms with Crippen LogP contribution in [0, 0.1) is 17.8 Å². The number of benzene rings is 1. The lowest BCUT2D eigenvalue weighted by Gasteiger charge is -2.29. The molecule has 3 heteroatoms. The van der Waals surface area contributed by atoms with E-state index in [-0.39, 0.29) is 17.6 Å². The van der Waals surface area contributed by atoms with Crippen LogP contribution in [0.5, 0.6) is 0 Å². The van der Waals surface area contributed by atoms with Gasteiger partial charge in [-0.25, -0.2) is 0 Å². The molecule has 1 aliphatic heterocycles. The van der Waals surface area contributed by atoms with Crippen molar-refractivity contribution in [3.8, 4) is 0 Å². The maximum absolute atomic E-state index is 12.8. The summed E-state index contributed by atoms with van der Waals surface area (Å²) in [7, 11) is 0. The number of Topliss-reactive ketones (excluding diaryl/α,β-unsaturated/α-hetero) is 1. The molecule has 0 saturated heterocycles. The first-order valence-electron chi connectivity index (χ1n) is 7.71. The van der Waals surface area contributed by atoms with Crippen LogP contribution in [0.15, 0.2) is 24.3 Å². The first-order valence-corrected chi connectivity index (χ1v) is 7.71. The molecule has 2 fully saturated rings. The summed E-state index contributed by atoms with van der Waals surface area (Å²) < 4.78 is 0. The lowest BCUT2D eigenvalue weighted by molar-refractivity contribution is -0.120. The van der Waals surface area contributed by atoms with Gasteiger partial charge in [0.25, 0.3) is 0 Å². The fourth-order valence-corrected chi connectivity index (χ4v) is 4.18. The highest BCUT2D eigenvalue weighted by molar-refractivity contribution is 6.09. The molecule has 1 heterocycles. The van der Waals surface area contributed by atoms with Crippen molar-refractivity contribution in [3.63, 3.8) is 0 Å². The van der Waals surface area contributed by atoms with Crippen LogP contribution in [-0.2, 0) is 4.79 Å². The zero-order valence-corrected chi connectivity index (χ0v) is 11.5. The van der Waals surface area contributed by atoms with E-state index in [4.69, 9.17) is 0 Å². The summed E-state index contributed by atoms with van der Waals surface area (Å²) in [4.78, 5) is 26.6. The minimum absolute atomic E-state index is 0.165. The standard InChI is InChI=1S/C17H19NO2/c19-15-9-10-18(14-8-4-3-7-13(14)15)17(20)16-11-5-1-2-6-12(11)16/h3-4,7-8,11-12,16H,1-2,5-6,9-10H2. The number of fused-ring (bicyclic) bond motifs is 2. The molecule has 2 unspecified atom stereocenters. The van der Waals surface area contributed by atoms with E-state index < -0.39 is 0 Å². The van der Waals surface area contributed by atoms with Crippen LogP contribution in [0.2, 0.25) is 0 Å². The van der Waals surface area contributed by atoms with Crippen molar-refractivity contribution in [2.45, 2.75) is 32.1 Å². The monoisotopic (exact) mass is 269 g/mol. The Morgan fingerprint density at radius 2 is 1.80 bits per heavy atom. The molecule has 1 amide bonds. The molecule has 0 bridgehead atoms. The number of anilines is 1. The average molecular weight is 269 g/mol. The predicted octanol–water partition coefficient (Wildman–Crippen LogP) is 3.04. The smallest absolute Gasteiger partial charge is 0.230 e. The van der Waals surface area contributed by atoms with Crippen molar-refractivity contribution >= 4 is 17.4 Å². The molecule has 0 radical (unpaired) electrons. The van der Waals surface area contributed by atoms with Gasteiger partial charge in [0.15, 0.2) is 5.78 Å². The molecule has 1 aromatic rings. The van der Waals surface area contributed by atoms with Crippen LogP contribution in [0.3, 0.4) is 0 Å². The van der Waals surface area contributed by atoms with Gasteiger partial charge in [-0.1, -0.05) is 25.0 Å². The summed E-state index contributed by atoms with van der Waals surface area (Å²) in [6.07, 6.45) is 5.45. The second-order valence-corrected chi connectivity index (χ2v) is 6.32. The topological polar surface area (TPSA) is 37.4 Å². The summed E-state index contributed by atoms with van der Waals surface area (Å²) in [5, 5.41) is 0. The van der Waals surface area contributed by atoms with Gasteiger partial charge < -0.3 is 4.90 Å². The highest BCUT2D eigenvalue weighted by Crippen LogP contribution is 2.56. The fourth-order valence-electron chi connectivity index (χ4n) is 4.18. The molecule has 0 N–H and O–H groups in total. The van der Waals surface area contributed by atoms with E-state index >= 15 is 0 Å². The lowest BCUT2D eigenvalue weighted by Crippen LogP contribution is -2.38. The normalized spacial score (nSPS) is 31.5. The Morgan fingerprint density at radius 1 is 1.10 bits per heavy atom. The van der Waals surface area contributed by atoms with Gasteiger partial charge in [0.1, 0.15) is 0 Å². The number of ketones is 1. The van der Waals surface area contributed by atoms with Crippen LogP contribution >= 0.6 is 0 Å². The minimum atomic E-state index is 0.165. The van der Waals surface area contributed by atoms with Crippen LogP contribution in [0.1, 0.15) is 42.5 Å². The largest absolute Gasteiger partial charge is 0.311 e. The summed E-state index contributed by atoms with van der Waals surface area (Å²) in [5.41, 5.74) is 1.55. The van der Waals surface area contributed by atoms with Crippen LogP contribution in [0.4, 0.5) is 5.69 Å². The zero-order valence-electron chi connectivity index (χ0n) is 11.5. The van der Waals surface area contributed by atoms with Gasteiger partial charge in [0.05, 0.1) is 5.69 Å². The summed E-state index contributed by atoms with van der Waals surface area (Å²) in [6.45, 7) is 0.560. The Kier molecular flexibility index (Phi) is 2.69. The molecule has 4 rings (SSSR count). The van der Waals surface area contributed by atoms with E-state index in [2.05, 4.69) is 0 Å². The minimum Gasteiger partial charge on any atom is -0.311 e. The first-order chi connectivity index (χ1) is 9.77. The van der Waals surface area contributed by atoms with E-state index in [1.165, 1.54) is 25.7 Å². The van der Waals surface area contributed by atoms with Crippen molar-refractivity contribution in [3.05, 3.63) is 29.8 Å². The van der Waals surface area contributed by atoms with Crippen molar-refractivity contribution in [1.82, 2.24) is 0 Å². The molecule has 2 saturated carbocycles. The number of hydrogen-bond donors (Lipinski definition) is 0. The number of rotatable bonds is 1. The molecule has 3 nitrogen and oxygen atoms in total. The van der Waals surface area contributed by atoms with Crippen molar-refractivity contribution in [1.29, 1.82) is 0 Å². The molecule has 0 aromatic heterocycles. The van der Waals surface area contributed by atoms with E-state index in [1.54, 1.807) is 0 Å². The van der Waals surface area contributed by atoms with E-state index in [0.717, 1.165) is 11.3 Å². The second-order valence-electron chi connectivity index (χ2n) is 6.32. The van der Waals surface area contributed by atoms with Gasteiger partial charge in [0, 0.05) is 24.4 Å². The fraction of sp³-hybridized carbons (Fsp3) is 0.529. The van der Waals surface area contributed by atoms with Gasteiger partial charge in [-0.3, -0.25) is 9.59 Å². The number of para-hydroxylation sites is 1. The van der Waals surface area contributed by atoms with Gasteiger partial charge in [-0.15, -0.1) is 0 Å². The third-order valence-electron chi connectivity index (χ3n) is 5.27. The number of carbonyl (C=O) groups is 2. The summed E-state index contributed by atoms with van der Waals surface area (Å²) >= 11 is 0. The number of nitrogens with zero attached hydrogens (tertiary/aromatic N) is 1. The Morgan fingerprint density at radius 3 is 2.55 bits per heavy atom. The van der Waals surface area contributed by atoms with Gasteiger partial charge in [-0.2, -0.15) is 0 Å². The lowest BCUT2D eigenvalue weighted by atomic mass is 10.00. The Labute approximate surface area is 119 Å². The highest BCUT2D eigenvalue weighted by Gasteiger charge is 2.56. The van der Waals surface area contributed by atoms with Crippen molar-refractivity contribution in [2.75, 3.05) is 11.4 Å². The van der Waals surface area contributed by atoms with Gasteiger partial charge in [-0.05, 0) is 36.8 Å². The Bertz CT molecular complexity index is 568. The van der Waals surface area contributed by atoms with E-state index in [0.29, 0.717) is 24.8 Å². The molecule has 20 heavy (non-hydrogen) atoms. The number of hydrogen-bond acceptors (Lipinski definition) is 2. The first kappa shape index (κ1) is 12.1. The number of carbonyl (C=O) groups excluding carboxylic acids is 2. The molecule has 3 aliphatic rings. The molecule has 2 atom stereocenters. The molecular weight excluding hydrogens is 250 g/mol. The van der Waals surface area contributed by atoms with E-state index in [9.17, 15) is 9.59 Å². The third-order valence-corrected chi connectivity index (χ3v) is 5.27. The maximum Gasteiger partial charge on any atom is 0.230 e. The molecular formula is C17H19NO2. The molecule has 0 spiro atoms. The Hall–Kier alpha value is -1.64. The molecule has 2 aliphatic carbocycles. The van der Waals surface area contributed by atoms with Crippen LogP contribution < -0.4 is 4.90 Å². The predicted molar refractivity (Wildman–Crippen MR) is 76.7 cm³/mol. The van der Waals surface area contributed by atoms with Gasteiger partial charge >= 0.3 is 0 Å².